The van der Waals surface area contributed by atoms with Gasteiger partial charge in [-0.15, -0.1) is 0 Å². The van der Waals surface area contributed by atoms with Crippen LogP contribution in [-0.2, 0) is 6.54 Å². The number of benzene rings is 1. The van der Waals surface area contributed by atoms with Gasteiger partial charge >= 0.3 is 0 Å². The van der Waals surface area contributed by atoms with Gasteiger partial charge in [0.1, 0.15) is 5.75 Å². The number of rotatable bonds is 6. The van der Waals surface area contributed by atoms with Crippen molar-refractivity contribution in [1.29, 1.82) is 0 Å². The van der Waals surface area contributed by atoms with Crippen LogP contribution in [0.2, 0.25) is 0 Å². The van der Waals surface area contributed by atoms with E-state index in [1.807, 2.05) is 0 Å². The van der Waals surface area contributed by atoms with Gasteiger partial charge in [0.05, 0.1) is 7.11 Å². The molecule has 0 aromatic heterocycles. The Hall–Kier alpha value is -0.670. The van der Waals surface area contributed by atoms with Crippen molar-refractivity contribution in [1.82, 2.24) is 4.90 Å². The van der Waals surface area contributed by atoms with E-state index in [1.54, 1.807) is 7.11 Å². The predicted molar refractivity (Wildman–Crippen MR) is 77.3 cm³/mol. The second-order valence-corrected chi connectivity index (χ2v) is 5.13. The largest absolute Gasteiger partial charge is 0.496 e. The lowest BCUT2D eigenvalue weighted by Gasteiger charge is -2.19. The molecular weight excluding hydrogens is 230 g/mol. The zero-order valence-corrected chi connectivity index (χ0v) is 12.1. The molecule has 0 spiro atoms. The molecule has 0 amide bonds. The molecule has 0 atom stereocenters. The van der Waals surface area contributed by atoms with Crippen molar-refractivity contribution < 1.29 is 4.74 Å². The van der Waals surface area contributed by atoms with Crippen LogP contribution in [-0.4, -0.2) is 31.4 Å². The van der Waals surface area contributed by atoms with Gasteiger partial charge in [-0.1, -0.05) is 26.0 Å². The molecule has 0 saturated heterocycles. The average molecular weight is 253 g/mol. The molecule has 0 unspecified atom stereocenters. The van der Waals surface area contributed by atoms with E-state index >= 15 is 0 Å². The molecule has 0 bridgehead atoms. The van der Waals surface area contributed by atoms with E-state index in [2.05, 4.69) is 56.6 Å². The topological polar surface area (TPSA) is 12.5 Å². The zero-order chi connectivity index (χ0) is 12.8. The highest BCUT2D eigenvalue weighted by atomic mass is 32.1. The molecule has 1 aromatic rings. The van der Waals surface area contributed by atoms with Crippen molar-refractivity contribution >= 4 is 12.6 Å². The molecule has 0 fully saturated rings. The van der Waals surface area contributed by atoms with Crippen LogP contribution in [0.15, 0.2) is 18.2 Å². The molecular formula is C14H23NOS. The lowest BCUT2D eigenvalue weighted by atomic mass is 10.00. The van der Waals surface area contributed by atoms with E-state index in [4.69, 9.17) is 4.74 Å². The Kier molecular flexibility index (Phi) is 5.86. The van der Waals surface area contributed by atoms with Crippen molar-refractivity contribution in [3.8, 4) is 5.75 Å². The third-order valence-electron chi connectivity index (χ3n) is 2.89. The summed E-state index contributed by atoms with van der Waals surface area (Å²) in [5, 5.41) is 0. The summed E-state index contributed by atoms with van der Waals surface area (Å²) in [5.41, 5.74) is 2.61. The number of nitrogens with zero attached hydrogens (tertiary/aromatic N) is 1. The number of hydrogen-bond acceptors (Lipinski definition) is 3. The van der Waals surface area contributed by atoms with Crippen LogP contribution in [0.3, 0.4) is 0 Å². The smallest absolute Gasteiger partial charge is 0.123 e. The van der Waals surface area contributed by atoms with Gasteiger partial charge in [-0.05, 0) is 24.6 Å². The molecule has 1 aromatic carbocycles. The Bertz CT molecular complexity index is 352. The van der Waals surface area contributed by atoms with Crippen molar-refractivity contribution in [3.05, 3.63) is 29.3 Å². The van der Waals surface area contributed by atoms with Crippen LogP contribution in [0, 0.1) is 0 Å². The highest BCUT2D eigenvalue weighted by molar-refractivity contribution is 7.80. The Morgan fingerprint density at radius 1 is 1.35 bits per heavy atom. The molecule has 96 valence electrons. The van der Waals surface area contributed by atoms with Crippen LogP contribution in [0.25, 0.3) is 0 Å². The van der Waals surface area contributed by atoms with Gasteiger partial charge in [-0.25, -0.2) is 0 Å². The molecule has 0 heterocycles. The SMILES string of the molecule is COc1ccc(C(C)C)cc1CN(C)CCS. The molecule has 0 aliphatic rings. The van der Waals surface area contributed by atoms with E-state index in [0.29, 0.717) is 5.92 Å². The third-order valence-corrected chi connectivity index (χ3v) is 3.09. The van der Waals surface area contributed by atoms with Crippen LogP contribution in [0.4, 0.5) is 0 Å². The van der Waals surface area contributed by atoms with E-state index in [1.165, 1.54) is 11.1 Å². The molecule has 0 saturated carbocycles. The fourth-order valence-corrected chi connectivity index (χ4v) is 2.16. The fraction of sp³-hybridized carbons (Fsp3) is 0.571. The minimum atomic E-state index is 0.551. The van der Waals surface area contributed by atoms with E-state index in [-0.39, 0.29) is 0 Å². The monoisotopic (exact) mass is 253 g/mol. The summed E-state index contributed by atoms with van der Waals surface area (Å²) in [6, 6.07) is 6.46. The lowest BCUT2D eigenvalue weighted by molar-refractivity contribution is 0.335. The Morgan fingerprint density at radius 3 is 2.59 bits per heavy atom. The maximum absolute atomic E-state index is 5.41. The van der Waals surface area contributed by atoms with Crippen LogP contribution in [0.5, 0.6) is 5.75 Å². The Balaban J connectivity index is 2.89. The summed E-state index contributed by atoms with van der Waals surface area (Å²) < 4.78 is 5.41. The first kappa shape index (κ1) is 14.4. The standard InChI is InChI=1S/C14H23NOS/c1-11(2)12-5-6-14(16-4)13(9-12)10-15(3)7-8-17/h5-6,9,11,17H,7-8,10H2,1-4H3. The Labute approximate surface area is 110 Å². The lowest BCUT2D eigenvalue weighted by Crippen LogP contribution is -2.20. The summed E-state index contributed by atoms with van der Waals surface area (Å²) >= 11 is 4.26. The first-order valence-electron chi connectivity index (χ1n) is 6.04. The number of hydrogen-bond donors (Lipinski definition) is 1. The van der Waals surface area contributed by atoms with Crippen LogP contribution in [0.1, 0.15) is 30.9 Å². The van der Waals surface area contributed by atoms with Crippen molar-refractivity contribution in [2.75, 3.05) is 26.5 Å². The molecule has 1 rings (SSSR count). The van der Waals surface area contributed by atoms with Gasteiger partial charge in [0.2, 0.25) is 0 Å². The maximum Gasteiger partial charge on any atom is 0.123 e. The van der Waals surface area contributed by atoms with Crippen LogP contribution < -0.4 is 4.74 Å². The van der Waals surface area contributed by atoms with Gasteiger partial charge in [-0.3, -0.25) is 0 Å². The van der Waals surface area contributed by atoms with Crippen molar-refractivity contribution in [2.24, 2.45) is 0 Å². The summed E-state index contributed by atoms with van der Waals surface area (Å²) in [6.45, 7) is 6.31. The Morgan fingerprint density at radius 2 is 2.06 bits per heavy atom. The zero-order valence-electron chi connectivity index (χ0n) is 11.2. The fourth-order valence-electron chi connectivity index (χ4n) is 1.82. The van der Waals surface area contributed by atoms with Gasteiger partial charge in [0.15, 0.2) is 0 Å². The summed E-state index contributed by atoms with van der Waals surface area (Å²) in [6.07, 6.45) is 0. The summed E-state index contributed by atoms with van der Waals surface area (Å²) in [4.78, 5) is 2.26. The predicted octanol–water partition coefficient (Wildman–Crippen LogP) is 3.18. The van der Waals surface area contributed by atoms with E-state index < -0.39 is 0 Å². The first-order valence-corrected chi connectivity index (χ1v) is 6.68. The normalized spacial score (nSPS) is 11.2. The van der Waals surface area contributed by atoms with Gasteiger partial charge < -0.3 is 9.64 Å². The maximum atomic E-state index is 5.41. The summed E-state index contributed by atoms with van der Waals surface area (Å²) in [5.74, 6) is 2.40. The number of methoxy groups -OCH3 is 1. The van der Waals surface area contributed by atoms with Crippen LogP contribution >= 0.6 is 12.6 Å². The molecule has 0 aliphatic carbocycles. The van der Waals surface area contributed by atoms with Crippen molar-refractivity contribution in [3.63, 3.8) is 0 Å². The molecule has 0 N–H and O–H groups in total. The quantitative estimate of drug-likeness (QED) is 0.782. The number of thiol groups is 1. The molecule has 17 heavy (non-hydrogen) atoms. The molecule has 0 aliphatic heterocycles. The average Bonchev–Trinajstić information content (AvgIpc) is 2.29. The molecule has 3 heteroatoms. The van der Waals surface area contributed by atoms with E-state index in [9.17, 15) is 0 Å². The highest BCUT2D eigenvalue weighted by Crippen LogP contribution is 2.25. The second kappa shape index (κ2) is 6.92. The second-order valence-electron chi connectivity index (χ2n) is 4.69. The van der Waals surface area contributed by atoms with Gasteiger partial charge in [0, 0.05) is 24.4 Å². The third kappa shape index (κ3) is 4.25. The molecule has 0 radical (unpaired) electrons. The minimum Gasteiger partial charge on any atom is -0.496 e. The van der Waals surface area contributed by atoms with Crippen molar-refractivity contribution in [2.45, 2.75) is 26.3 Å². The summed E-state index contributed by atoms with van der Waals surface area (Å²) in [7, 11) is 3.84. The highest BCUT2D eigenvalue weighted by Gasteiger charge is 2.08. The van der Waals surface area contributed by atoms with Gasteiger partial charge in [-0.2, -0.15) is 12.6 Å². The number of ether oxygens (including phenoxy) is 1. The van der Waals surface area contributed by atoms with E-state index in [0.717, 1.165) is 24.6 Å². The van der Waals surface area contributed by atoms with Gasteiger partial charge in [0.25, 0.3) is 0 Å². The minimum absolute atomic E-state index is 0.551. The first-order chi connectivity index (χ1) is 8.08. The molecule has 2 nitrogen and oxygen atoms in total.